The number of carbonyl (C=O) groups is 2. The lowest BCUT2D eigenvalue weighted by Crippen LogP contribution is -2.35. The van der Waals surface area contributed by atoms with Gasteiger partial charge < -0.3 is 10.1 Å². The summed E-state index contributed by atoms with van der Waals surface area (Å²) < 4.78 is 6.46. The van der Waals surface area contributed by atoms with Crippen LogP contribution in [0.25, 0.3) is 0 Å². The lowest BCUT2D eigenvalue weighted by molar-refractivity contribution is -0.129. The number of ether oxygens (including phenoxy) is 1. The summed E-state index contributed by atoms with van der Waals surface area (Å²) in [5.74, 6) is 0.855. The van der Waals surface area contributed by atoms with Gasteiger partial charge in [0.2, 0.25) is 0 Å². The van der Waals surface area contributed by atoms with E-state index in [1.807, 2.05) is 42.5 Å². The van der Waals surface area contributed by atoms with Crippen molar-refractivity contribution in [1.29, 1.82) is 0 Å². The second-order valence-corrected chi connectivity index (χ2v) is 8.50. The van der Waals surface area contributed by atoms with Gasteiger partial charge in [0.1, 0.15) is 4.38 Å². The van der Waals surface area contributed by atoms with Gasteiger partial charge in [0.15, 0.2) is 6.10 Å². The molecular weight excluding hydrogens is 392 g/mol. The molecule has 0 bridgehead atoms. The van der Waals surface area contributed by atoms with E-state index in [1.54, 1.807) is 42.6 Å². The summed E-state index contributed by atoms with van der Waals surface area (Å²) in [6, 6.07) is 16.9. The van der Waals surface area contributed by atoms with Gasteiger partial charge in [0.05, 0.1) is 12.1 Å². The average molecular weight is 415 g/mol. The highest BCUT2D eigenvalue weighted by Crippen LogP contribution is 2.26. The fourth-order valence-electron chi connectivity index (χ4n) is 2.59. The molecule has 2 aromatic carbocycles. The van der Waals surface area contributed by atoms with Crippen LogP contribution in [-0.2, 0) is 21.8 Å². The van der Waals surface area contributed by atoms with Crippen LogP contribution in [0, 0.1) is 0 Å². The fraction of sp³-hybridized carbons (Fsp3) is 0.286. The van der Waals surface area contributed by atoms with Crippen LogP contribution in [0.4, 0.5) is 0 Å². The van der Waals surface area contributed by atoms with E-state index in [2.05, 4.69) is 10.3 Å². The van der Waals surface area contributed by atoms with Crippen molar-refractivity contribution in [2.75, 3.05) is 12.3 Å². The van der Waals surface area contributed by atoms with E-state index in [4.69, 9.17) is 4.74 Å². The third kappa shape index (κ3) is 5.87. The normalized spacial score (nSPS) is 14.2. The molecule has 0 radical (unpaired) electrons. The number of carbonyl (C=O) groups excluding carboxylic acids is 2. The van der Waals surface area contributed by atoms with Crippen molar-refractivity contribution >= 4 is 39.8 Å². The van der Waals surface area contributed by atoms with Crippen molar-refractivity contribution in [3.8, 4) is 0 Å². The van der Waals surface area contributed by atoms with Crippen LogP contribution in [0.3, 0.4) is 0 Å². The molecule has 28 heavy (non-hydrogen) atoms. The van der Waals surface area contributed by atoms with Gasteiger partial charge in [-0.1, -0.05) is 72.1 Å². The smallest absolute Gasteiger partial charge is 0.339 e. The molecule has 3 rings (SSSR count). The molecule has 0 aromatic heterocycles. The topological polar surface area (TPSA) is 67.8 Å². The summed E-state index contributed by atoms with van der Waals surface area (Å²) in [5, 5.41) is 2.79. The van der Waals surface area contributed by atoms with E-state index in [1.165, 1.54) is 0 Å². The number of esters is 1. The standard InChI is InChI=1S/C21H22N2O3S2/c1-15(19(24)23-13-16-7-3-2-4-8-16)26-20(25)18-10-6-5-9-17(18)14-28-21-22-11-12-27-21/h2-10,15H,11-14H2,1H3,(H,23,24)/t15-/m1/s1. The molecule has 1 aliphatic heterocycles. The van der Waals surface area contributed by atoms with Crippen LogP contribution >= 0.6 is 23.5 Å². The van der Waals surface area contributed by atoms with Gasteiger partial charge in [-0.2, -0.15) is 0 Å². The van der Waals surface area contributed by atoms with Gasteiger partial charge in [-0.15, -0.1) is 0 Å². The van der Waals surface area contributed by atoms with E-state index in [0.717, 1.165) is 27.8 Å². The first-order valence-corrected chi connectivity index (χ1v) is 11.0. The van der Waals surface area contributed by atoms with Gasteiger partial charge in [0.25, 0.3) is 5.91 Å². The molecule has 7 heteroatoms. The number of aliphatic imine (C=N–C) groups is 1. The number of rotatable bonds is 7. The Morgan fingerprint density at radius 3 is 2.68 bits per heavy atom. The van der Waals surface area contributed by atoms with Crippen LogP contribution in [0.15, 0.2) is 59.6 Å². The first-order valence-electron chi connectivity index (χ1n) is 9.04. The summed E-state index contributed by atoms with van der Waals surface area (Å²) in [6.07, 6.45) is -0.869. The summed E-state index contributed by atoms with van der Waals surface area (Å²) in [5.41, 5.74) is 2.36. The van der Waals surface area contributed by atoms with Crippen LogP contribution in [-0.4, -0.2) is 34.7 Å². The molecular formula is C21H22N2O3S2. The second kappa shape index (κ2) is 10.3. The Morgan fingerprint density at radius 1 is 1.18 bits per heavy atom. The summed E-state index contributed by atoms with van der Waals surface area (Å²) in [4.78, 5) is 29.3. The van der Waals surface area contributed by atoms with Gasteiger partial charge >= 0.3 is 5.97 Å². The van der Waals surface area contributed by atoms with E-state index in [-0.39, 0.29) is 5.91 Å². The molecule has 0 spiro atoms. The number of hydrogen-bond donors (Lipinski definition) is 1. The third-order valence-corrected chi connectivity index (χ3v) is 6.41. The Balaban J connectivity index is 1.55. The largest absolute Gasteiger partial charge is 0.449 e. The number of nitrogens with zero attached hydrogens (tertiary/aromatic N) is 1. The quantitative estimate of drug-likeness (QED) is 0.697. The molecule has 2 aromatic rings. The Bertz CT molecular complexity index is 856. The molecule has 0 unspecified atom stereocenters. The van der Waals surface area contributed by atoms with Crippen molar-refractivity contribution in [2.45, 2.75) is 25.3 Å². The van der Waals surface area contributed by atoms with Gasteiger partial charge in [-0.25, -0.2) is 4.79 Å². The van der Waals surface area contributed by atoms with Crippen LogP contribution in [0.1, 0.15) is 28.4 Å². The fourth-order valence-corrected chi connectivity index (χ4v) is 4.61. The number of hydrogen-bond acceptors (Lipinski definition) is 6. The SMILES string of the molecule is C[C@@H](OC(=O)c1ccccc1CSC1=NCCS1)C(=O)NCc1ccccc1. The maximum atomic E-state index is 12.6. The molecule has 5 nitrogen and oxygen atoms in total. The zero-order chi connectivity index (χ0) is 19.8. The second-order valence-electron chi connectivity index (χ2n) is 6.19. The van der Waals surface area contributed by atoms with Crippen molar-refractivity contribution in [3.63, 3.8) is 0 Å². The molecule has 1 aliphatic rings. The Morgan fingerprint density at radius 2 is 1.93 bits per heavy atom. The van der Waals surface area contributed by atoms with E-state index in [9.17, 15) is 9.59 Å². The number of amides is 1. The van der Waals surface area contributed by atoms with Crippen molar-refractivity contribution in [3.05, 3.63) is 71.3 Å². The molecule has 146 valence electrons. The van der Waals surface area contributed by atoms with E-state index < -0.39 is 12.1 Å². The summed E-state index contributed by atoms with van der Waals surface area (Å²) in [7, 11) is 0. The Labute approximate surface area is 173 Å². The summed E-state index contributed by atoms with van der Waals surface area (Å²) in [6.45, 7) is 2.83. The monoisotopic (exact) mass is 414 g/mol. The van der Waals surface area contributed by atoms with Gasteiger partial charge in [0, 0.05) is 18.1 Å². The molecule has 0 saturated heterocycles. The highest BCUT2D eigenvalue weighted by atomic mass is 32.2. The first kappa shape index (κ1) is 20.5. The minimum atomic E-state index is -0.869. The number of benzene rings is 2. The minimum Gasteiger partial charge on any atom is -0.449 e. The van der Waals surface area contributed by atoms with Gasteiger partial charge in [-0.05, 0) is 24.1 Å². The van der Waals surface area contributed by atoms with E-state index in [0.29, 0.717) is 17.9 Å². The van der Waals surface area contributed by atoms with Crippen molar-refractivity contribution in [1.82, 2.24) is 5.32 Å². The highest BCUT2D eigenvalue weighted by molar-refractivity contribution is 8.38. The molecule has 0 saturated carbocycles. The molecule has 1 N–H and O–H groups in total. The molecule has 1 amide bonds. The highest BCUT2D eigenvalue weighted by Gasteiger charge is 2.21. The zero-order valence-corrected chi connectivity index (χ0v) is 17.2. The minimum absolute atomic E-state index is 0.319. The predicted octanol–water partition coefficient (Wildman–Crippen LogP) is 3.88. The Hall–Kier alpha value is -2.25. The van der Waals surface area contributed by atoms with Gasteiger partial charge in [-0.3, -0.25) is 9.79 Å². The lowest BCUT2D eigenvalue weighted by atomic mass is 10.1. The van der Waals surface area contributed by atoms with E-state index >= 15 is 0 Å². The lowest BCUT2D eigenvalue weighted by Gasteiger charge is -2.15. The third-order valence-electron chi connectivity index (χ3n) is 4.11. The Kier molecular flexibility index (Phi) is 7.56. The van der Waals surface area contributed by atoms with Crippen molar-refractivity contribution < 1.29 is 14.3 Å². The molecule has 1 atom stereocenters. The van der Waals surface area contributed by atoms with Crippen LogP contribution in [0.2, 0.25) is 0 Å². The molecule has 1 heterocycles. The number of nitrogens with one attached hydrogen (secondary N) is 1. The van der Waals surface area contributed by atoms with Crippen LogP contribution in [0.5, 0.6) is 0 Å². The number of thioether (sulfide) groups is 2. The van der Waals surface area contributed by atoms with Crippen LogP contribution < -0.4 is 5.32 Å². The summed E-state index contributed by atoms with van der Waals surface area (Å²) >= 11 is 3.36. The average Bonchev–Trinajstić information content (AvgIpc) is 3.25. The maximum absolute atomic E-state index is 12.6. The molecule has 0 fully saturated rings. The molecule has 0 aliphatic carbocycles. The maximum Gasteiger partial charge on any atom is 0.339 e. The predicted molar refractivity (Wildman–Crippen MR) is 116 cm³/mol. The first-order chi connectivity index (χ1) is 13.6. The van der Waals surface area contributed by atoms with Crippen molar-refractivity contribution in [2.24, 2.45) is 4.99 Å². The zero-order valence-electron chi connectivity index (χ0n) is 15.6.